The minimum absolute atomic E-state index is 0.812. The molecule has 1 saturated heterocycles. The molecule has 1 aliphatic heterocycles. The molecule has 3 nitrogen and oxygen atoms in total. The summed E-state index contributed by atoms with van der Waals surface area (Å²) in [7, 11) is 2.01. The van der Waals surface area contributed by atoms with Gasteiger partial charge in [0, 0.05) is 29.7 Å². The fraction of sp³-hybridized carbons (Fsp3) is 0.400. The Bertz CT molecular complexity index is 917. The Morgan fingerprint density at radius 1 is 1.11 bits per heavy atom. The van der Waals surface area contributed by atoms with E-state index < -0.39 is 0 Å². The van der Waals surface area contributed by atoms with Gasteiger partial charge in [0.2, 0.25) is 0 Å². The molecule has 0 saturated carbocycles. The third-order valence-electron chi connectivity index (χ3n) is 6.04. The Morgan fingerprint density at radius 2 is 1.93 bits per heavy atom. The molecule has 1 aromatic heterocycles. The van der Waals surface area contributed by atoms with Gasteiger partial charge in [-0.15, -0.1) is 0 Å². The summed E-state index contributed by atoms with van der Waals surface area (Å²) in [4.78, 5) is 7.55. The van der Waals surface area contributed by atoms with Gasteiger partial charge >= 0.3 is 0 Å². The molecule has 4 rings (SSSR count). The summed E-state index contributed by atoms with van der Waals surface area (Å²) in [5, 5.41) is 4.49. The third-order valence-corrected chi connectivity index (χ3v) is 6.04. The van der Waals surface area contributed by atoms with Crippen LogP contribution < -0.4 is 10.2 Å². The number of aryl methyl sites for hydroxylation is 1. The quantitative estimate of drug-likeness (QED) is 0.570. The van der Waals surface area contributed by atoms with Gasteiger partial charge < -0.3 is 10.2 Å². The molecule has 1 unspecified atom stereocenters. The molecule has 2 heterocycles. The summed E-state index contributed by atoms with van der Waals surface area (Å²) in [6.45, 7) is 5.68. The van der Waals surface area contributed by atoms with E-state index in [4.69, 9.17) is 4.98 Å². The van der Waals surface area contributed by atoms with Crippen molar-refractivity contribution in [2.75, 3.05) is 31.6 Å². The summed E-state index contributed by atoms with van der Waals surface area (Å²) in [5.41, 5.74) is 6.11. The van der Waals surface area contributed by atoms with Crippen LogP contribution in [0.25, 0.3) is 22.2 Å². The summed E-state index contributed by atoms with van der Waals surface area (Å²) in [6.07, 6.45) is 4.84. The first-order valence-corrected chi connectivity index (χ1v) is 10.7. The number of hydrogen-bond donors (Lipinski definition) is 1. The molecular formula is C25H31N3. The van der Waals surface area contributed by atoms with Crippen LogP contribution in [0.15, 0.2) is 54.6 Å². The van der Waals surface area contributed by atoms with Gasteiger partial charge in [0.25, 0.3) is 0 Å². The third kappa shape index (κ3) is 4.05. The first kappa shape index (κ1) is 18.9. The van der Waals surface area contributed by atoms with Crippen molar-refractivity contribution in [3.63, 3.8) is 0 Å². The average Bonchev–Trinajstić information content (AvgIpc) is 3.23. The minimum Gasteiger partial charge on any atom is -0.371 e. The minimum atomic E-state index is 0.812. The molecule has 0 bridgehead atoms. The second kappa shape index (κ2) is 8.74. The monoisotopic (exact) mass is 373 g/mol. The number of benzene rings is 2. The van der Waals surface area contributed by atoms with Gasteiger partial charge in [0.1, 0.15) is 0 Å². The van der Waals surface area contributed by atoms with Gasteiger partial charge in [0.05, 0.1) is 11.2 Å². The van der Waals surface area contributed by atoms with Crippen molar-refractivity contribution in [3.8, 4) is 11.3 Å². The predicted molar refractivity (Wildman–Crippen MR) is 120 cm³/mol. The van der Waals surface area contributed by atoms with E-state index >= 15 is 0 Å². The van der Waals surface area contributed by atoms with Crippen molar-refractivity contribution in [2.45, 2.75) is 32.6 Å². The lowest BCUT2D eigenvalue weighted by molar-refractivity contribution is 0.569. The number of pyridine rings is 1. The Morgan fingerprint density at radius 3 is 2.68 bits per heavy atom. The summed E-state index contributed by atoms with van der Waals surface area (Å²) in [5.74, 6) is 0.812. The number of nitrogens with zero attached hydrogens (tertiary/aromatic N) is 2. The van der Waals surface area contributed by atoms with Crippen LogP contribution in [0.3, 0.4) is 0 Å². The highest BCUT2D eigenvalue weighted by atomic mass is 15.2. The molecule has 0 radical (unpaired) electrons. The number of aromatic nitrogens is 1. The first-order valence-electron chi connectivity index (χ1n) is 10.7. The van der Waals surface area contributed by atoms with E-state index in [0.29, 0.717) is 0 Å². The van der Waals surface area contributed by atoms with E-state index in [-0.39, 0.29) is 0 Å². The molecule has 0 spiro atoms. The van der Waals surface area contributed by atoms with Gasteiger partial charge in [-0.1, -0.05) is 55.8 Å². The first-order chi connectivity index (χ1) is 13.8. The maximum atomic E-state index is 4.99. The molecule has 1 N–H and O–H groups in total. The zero-order chi connectivity index (χ0) is 19.3. The Balaban J connectivity index is 1.66. The van der Waals surface area contributed by atoms with Crippen LogP contribution in [-0.4, -0.2) is 31.7 Å². The lowest BCUT2D eigenvalue weighted by Crippen LogP contribution is -2.20. The highest BCUT2D eigenvalue weighted by Gasteiger charge is 2.23. The normalized spacial score (nSPS) is 16.8. The van der Waals surface area contributed by atoms with Gasteiger partial charge in [-0.25, -0.2) is 4.98 Å². The number of hydrogen-bond acceptors (Lipinski definition) is 3. The van der Waals surface area contributed by atoms with Crippen molar-refractivity contribution in [3.05, 3.63) is 60.2 Å². The molecule has 1 aliphatic rings. The lowest BCUT2D eigenvalue weighted by Gasteiger charge is -2.21. The number of fused-ring (bicyclic) bond motifs is 1. The SMILES string of the molecule is CCC1CCN(c2cc(-c3ccc(CCCNC)cc3)nc3ccccc23)C1. The van der Waals surface area contributed by atoms with E-state index in [1.807, 2.05) is 7.05 Å². The molecule has 1 atom stereocenters. The average molecular weight is 374 g/mol. The van der Waals surface area contributed by atoms with Crippen LogP contribution in [0.2, 0.25) is 0 Å². The molecule has 3 heteroatoms. The van der Waals surface area contributed by atoms with Crippen molar-refractivity contribution in [2.24, 2.45) is 5.92 Å². The summed E-state index contributed by atoms with van der Waals surface area (Å²) < 4.78 is 0. The zero-order valence-corrected chi connectivity index (χ0v) is 17.1. The molecule has 0 amide bonds. The molecule has 28 heavy (non-hydrogen) atoms. The fourth-order valence-corrected chi connectivity index (χ4v) is 4.26. The van der Waals surface area contributed by atoms with E-state index in [1.54, 1.807) is 0 Å². The maximum absolute atomic E-state index is 4.99. The van der Waals surface area contributed by atoms with E-state index in [0.717, 1.165) is 43.2 Å². The maximum Gasteiger partial charge on any atom is 0.0730 e. The number of anilines is 1. The molecular weight excluding hydrogens is 342 g/mol. The Hall–Kier alpha value is -2.39. The van der Waals surface area contributed by atoms with E-state index in [2.05, 4.69) is 71.7 Å². The molecule has 146 valence electrons. The molecule has 0 aliphatic carbocycles. The van der Waals surface area contributed by atoms with Crippen LogP contribution in [-0.2, 0) is 6.42 Å². The Kier molecular flexibility index (Phi) is 5.92. The van der Waals surface area contributed by atoms with Crippen molar-refractivity contribution in [1.82, 2.24) is 10.3 Å². The number of para-hydroxylation sites is 1. The van der Waals surface area contributed by atoms with Crippen molar-refractivity contribution in [1.29, 1.82) is 0 Å². The Labute approximate surface area is 168 Å². The number of rotatable bonds is 7. The molecule has 1 fully saturated rings. The van der Waals surface area contributed by atoms with E-state index in [9.17, 15) is 0 Å². The van der Waals surface area contributed by atoms with Crippen LogP contribution in [0.4, 0.5) is 5.69 Å². The summed E-state index contributed by atoms with van der Waals surface area (Å²) in [6, 6.07) is 19.8. The second-order valence-electron chi connectivity index (χ2n) is 7.96. The van der Waals surface area contributed by atoms with Gasteiger partial charge in [-0.05, 0) is 56.5 Å². The van der Waals surface area contributed by atoms with Crippen LogP contribution in [0.1, 0.15) is 31.7 Å². The largest absolute Gasteiger partial charge is 0.371 e. The topological polar surface area (TPSA) is 28.2 Å². The zero-order valence-electron chi connectivity index (χ0n) is 17.1. The second-order valence-corrected chi connectivity index (χ2v) is 7.96. The highest BCUT2D eigenvalue weighted by molar-refractivity contribution is 5.94. The van der Waals surface area contributed by atoms with Gasteiger partial charge in [-0.2, -0.15) is 0 Å². The van der Waals surface area contributed by atoms with Crippen LogP contribution in [0, 0.1) is 5.92 Å². The molecule has 2 aromatic carbocycles. The highest BCUT2D eigenvalue weighted by Crippen LogP contribution is 2.34. The van der Waals surface area contributed by atoms with Crippen LogP contribution >= 0.6 is 0 Å². The van der Waals surface area contributed by atoms with Crippen molar-refractivity contribution >= 4 is 16.6 Å². The smallest absolute Gasteiger partial charge is 0.0730 e. The standard InChI is InChI=1S/C25H31N3/c1-3-19-14-16-28(18-19)25-17-24(27-23-9-5-4-8-22(23)25)21-12-10-20(11-13-21)7-6-15-26-2/h4-5,8-13,17,19,26H,3,6-7,14-16,18H2,1-2H3. The number of nitrogens with one attached hydrogen (secondary N) is 1. The predicted octanol–water partition coefficient (Wildman–Crippen LogP) is 5.29. The molecule has 3 aromatic rings. The summed E-state index contributed by atoms with van der Waals surface area (Å²) >= 11 is 0. The van der Waals surface area contributed by atoms with Gasteiger partial charge in [0.15, 0.2) is 0 Å². The van der Waals surface area contributed by atoms with Crippen molar-refractivity contribution < 1.29 is 0 Å². The fourth-order valence-electron chi connectivity index (χ4n) is 4.26. The van der Waals surface area contributed by atoms with Gasteiger partial charge in [-0.3, -0.25) is 0 Å². The lowest BCUT2D eigenvalue weighted by atomic mass is 10.0. The van der Waals surface area contributed by atoms with Crippen LogP contribution in [0.5, 0.6) is 0 Å². The van der Waals surface area contributed by atoms with E-state index in [1.165, 1.54) is 41.5 Å².